The molecule has 8 nitrogen and oxygen atoms in total. The van der Waals surface area contributed by atoms with Gasteiger partial charge < -0.3 is 11.1 Å². The first kappa shape index (κ1) is 19.3. The number of carbonyl (C=O) groups excluding carboxylic acids is 1. The second kappa shape index (κ2) is 7.66. The largest absolute Gasteiger partial charge is 0.353 e. The van der Waals surface area contributed by atoms with Gasteiger partial charge >= 0.3 is 0 Å². The number of aromatic amines is 1. The van der Waals surface area contributed by atoms with Crippen molar-refractivity contribution in [2.75, 3.05) is 13.1 Å². The molecular formula is C17H29N5O3S. The van der Waals surface area contributed by atoms with Crippen molar-refractivity contribution in [2.45, 2.75) is 69.4 Å². The summed E-state index contributed by atoms with van der Waals surface area (Å²) in [6.45, 7) is 4.05. The second-order valence-electron chi connectivity index (χ2n) is 7.59. The Morgan fingerprint density at radius 1 is 1.23 bits per heavy atom. The van der Waals surface area contributed by atoms with Gasteiger partial charge in [0.25, 0.3) is 0 Å². The Labute approximate surface area is 154 Å². The minimum absolute atomic E-state index is 0.0361. The summed E-state index contributed by atoms with van der Waals surface area (Å²) in [5.41, 5.74) is 6.91. The quantitative estimate of drug-likeness (QED) is 0.710. The lowest BCUT2D eigenvalue weighted by Gasteiger charge is -2.33. The fraction of sp³-hybridized carbons (Fsp3) is 0.765. The summed E-state index contributed by atoms with van der Waals surface area (Å²) in [6, 6.07) is 0.396. The van der Waals surface area contributed by atoms with E-state index in [1.807, 2.05) is 0 Å². The number of nitrogens with zero attached hydrogens (tertiary/aromatic N) is 2. The topological polar surface area (TPSA) is 121 Å². The molecule has 1 atom stereocenters. The van der Waals surface area contributed by atoms with Gasteiger partial charge in [-0.25, -0.2) is 8.42 Å². The molecule has 1 aromatic heterocycles. The standard InChI is InChI=1S/C17H29N5O3S/c1-11-16(12(2)21-20-11)26(24,25)22-9-3-4-13(10-22)17(23)19-15-7-5-14(18)6-8-15/h13-15H,3-10,18H2,1-2H3,(H,19,23)(H,20,21). The Morgan fingerprint density at radius 2 is 1.92 bits per heavy atom. The Balaban J connectivity index is 1.66. The van der Waals surface area contributed by atoms with Gasteiger partial charge in [-0.2, -0.15) is 9.40 Å². The maximum absolute atomic E-state index is 13.0. The lowest BCUT2D eigenvalue weighted by molar-refractivity contribution is -0.127. The molecule has 2 fully saturated rings. The molecule has 1 saturated heterocycles. The van der Waals surface area contributed by atoms with E-state index in [2.05, 4.69) is 15.5 Å². The number of carbonyl (C=O) groups is 1. The smallest absolute Gasteiger partial charge is 0.246 e. The van der Waals surface area contributed by atoms with Crippen LogP contribution in [0.4, 0.5) is 0 Å². The highest BCUT2D eigenvalue weighted by atomic mass is 32.2. The van der Waals surface area contributed by atoms with Gasteiger partial charge in [-0.1, -0.05) is 0 Å². The van der Waals surface area contributed by atoms with Crippen LogP contribution in [-0.4, -0.2) is 54.0 Å². The predicted molar refractivity (Wildman–Crippen MR) is 97.9 cm³/mol. The number of hydrogen-bond acceptors (Lipinski definition) is 5. The molecule has 1 unspecified atom stereocenters. The number of amides is 1. The molecular weight excluding hydrogens is 354 g/mol. The van der Waals surface area contributed by atoms with Crippen LogP contribution < -0.4 is 11.1 Å². The zero-order valence-corrected chi connectivity index (χ0v) is 16.3. The van der Waals surface area contributed by atoms with Crippen LogP contribution in [0.2, 0.25) is 0 Å². The van der Waals surface area contributed by atoms with Crippen LogP contribution in [0.1, 0.15) is 49.9 Å². The molecule has 1 aromatic rings. The van der Waals surface area contributed by atoms with Gasteiger partial charge in [-0.3, -0.25) is 9.89 Å². The number of sulfonamides is 1. The molecule has 2 heterocycles. The van der Waals surface area contributed by atoms with Crippen LogP contribution in [0, 0.1) is 19.8 Å². The van der Waals surface area contributed by atoms with E-state index >= 15 is 0 Å². The number of rotatable bonds is 4. The summed E-state index contributed by atoms with van der Waals surface area (Å²) in [5.74, 6) is -0.340. The molecule has 3 rings (SSSR count). The molecule has 1 amide bonds. The van der Waals surface area contributed by atoms with Crippen LogP contribution in [-0.2, 0) is 14.8 Å². The minimum Gasteiger partial charge on any atom is -0.353 e. The van der Waals surface area contributed by atoms with E-state index in [0.29, 0.717) is 30.8 Å². The zero-order chi connectivity index (χ0) is 18.9. The number of aromatic nitrogens is 2. The van der Waals surface area contributed by atoms with Crippen LogP contribution in [0.3, 0.4) is 0 Å². The molecule has 146 valence electrons. The van der Waals surface area contributed by atoms with E-state index in [0.717, 1.165) is 25.7 Å². The Hall–Kier alpha value is -1.45. The van der Waals surface area contributed by atoms with Gasteiger partial charge in [0.05, 0.1) is 17.3 Å². The highest BCUT2D eigenvalue weighted by Crippen LogP contribution is 2.27. The SMILES string of the molecule is Cc1n[nH]c(C)c1S(=O)(=O)N1CCCC(C(=O)NC2CCC(N)CC2)C1. The van der Waals surface area contributed by atoms with Gasteiger partial charge in [0.15, 0.2) is 0 Å². The second-order valence-corrected chi connectivity index (χ2v) is 9.46. The molecule has 2 aliphatic rings. The monoisotopic (exact) mass is 383 g/mol. The van der Waals surface area contributed by atoms with E-state index in [1.165, 1.54) is 4.31 Å². The highest BCUT2D eigenvalue weighted by Gasteiger charge is 2.36. The third-order valence-corrected chi connectivity index (χ3v) is 7.66. The number of hydrogen-bond donors (Lipinski definition) is 3. The fourth-order valence-electron chi connectivity index (χ4n) is 4.01. The molecule has 0 radical (unpaired) electrons. The van der Waals surface area contributed by atoms with E-state index in [1.54, 1.807) is 13.8 Å². The minimum atomic E-state index is -3.64. The van der Waals surface area contributed by atoms with Gasteiger partial charge in [-0.15, -0.1) is 0 Å². The van der Waals surface area contributed by atoms with Crippen molar-refractivity contribution in [1.82, 2.24) is 19.8 Å². The Kier molecular flexibility index (Phi) is 5.69. The average molecular weight is 384 g/mol. The zero-order valence-electron chi connectivity index (χ0n) is 15.5. The summed E-state index contributed by atoms with van der Waals surface area (Å²) in [6.07, 6.45) is 5.05. The molecule has 9 heteroatoms. The van der Waals surface area contributed by atoms with Crippen molar-refractivity contribution in [2.24, 2.45) is 11.7 Å². The van der Waals surface area contributed by atoms with Crippen molar-refractivity contribution in [3.63, 3.8) is 0 Å². The van der Waals surface area contributed by atoms with Crippen LogP contribution >= 0.6 is 0 Å². The number of nitrogens with two attached hydrogens (primary N) is 1. The first-order valence-corrected chi connectivity index (χ1v) is 10.8. The van der Waals surface area contributed by atoms with E-state index in [4.69, 9.17) is 5.73 Å². The molecule has 0 aromatic carbocycles. The maximum Gasteiger partial charge on any atom is 0.246 e. The van der Waals surface area contributed by atoms with Crippen molar-refractivity contribution in [3.05, 3.63) is 11.4 Å². The van der Waals surface area contributed by atoms with Crippen molar-refractivity contribution >= 4 is 15.9 Å². The average Bonchev–Trinajstić information content (AvgIpc) is 2.96. The summed E-state index contributed by atoms with van der Waals surface area (Å²) >= 11 is 0. The maximum atomic E-state index is 13.0. The molecule has 26 heavy (non-hydrogen) atoms. The van der Waals surface area contributed by atoms with Crippen LogP contribution in [0.15, 0.2) is 4.90 Å². The number of H-pyrrole nitrogens is 1. The van der Waals surface area contributed by atoms with Crippen LogP contribution in [0.25, 0.3) is 0 Å². The van der Waals surface area contributed by atoms with Crippen molar-refractivity contribution < 1.29 is 13.2 Å². The van der Waals surface area contributed by atoms with Gasteiger partial charge in [-0.05, 0) is 52.4 Å². The summed E-state index contributed by atoms with van der Waals surface area (Å²) in [5, 5.41) is 9.83. The highest BCUT2D eigenvalue weighted by molar-refractivity contribution is 7.89. The first-order chi connectivity index (χ1) is 12.3. The molecule has 4 N–H and O–H groups in total. The third kappa shape index (κ3) is 3.94. The lowest BCUT2D eigenvalue weighted by atomic mass is 9.91. The van der Waals surface area contributed by atoms with Crippen molar-refractivity contribution in [1.29, 1.82) is 0 Å². The summed E-state index contributed by atoms with van der Waals surface area (Å²) in [4.78, 5) is 12.9. The van der Waals surface area contributed by atoms with E-state index < -0.39 is 10.0 Å². The van der Waals surface area contributed by atoms with E-state index in [9.17, 15) is 13.2 Å². The van der Waals surface area contributed by atoms with Gasteiger partial charge in [0.2, 0.25) is 15.9 Å². The van der Waals surface area contributed by atoms with Crippen molar-refractivity contribution in [3.8, 4) is 0 Å². The molecule has 1 aliphatic carbocycles. The summed E-state index contributed by atoms with van der Waals surface area (Å²) in [7, 11) is -3.64. The van der Waals surface area contributed by atoms with Gasteiger partial charge in [0.1, 0.15) is 4.90 Å². The first-order valence-electron chi connectivity index (χ1n) is 9.36. The predicted octanol–water partition coefficient (Wildman–Crippen LogP) is 0.813. The summed E-state index contributed by atoms with van der Waals surface area (Å²) < 4.78 is 27.4. The molecule has 1 saturated carbocycles. The Bertz CT molecular complexity index is 733. The lowest BCUT2D eigenvalue weighted by Crippen LogP contribution is -2.48. The fourth-order valence-corrected chi connectivity index (χ4v) is 5.86. The molecule has 0 bridgehead atoms. The number of piperidine rings is 1. The van der Waals surface area contributed by atoms with Gasteiger partial charge in [0, 0.05) is 25.2 Å². The molecule has 1 aliphatic heterocycles. The number of aryl methyl sites for hydroxylation is 2. The normalized spacial score (nSPS) is 28.0. The molecule has 0 spiro atoms. The number of nitrogens with one attached hydrogen (secondary N) is 2. The Morgan fingerprint density at radius 3 is 2.54 bits per heavy atom. The van der Waals surface area contributed by atoms with Crippen LogP contribution in [0.5, 0.6) is 0 Å². The third-order valence-electron chi connectivity index (χ3n) is 5.53. The van der Waals surface area contributed by atoms with E-state index in [-0.39, 0.29) is 35.3 Å².